The second-order valence-electron chi connectivity index (χ2n) is 4.37. The zero-order valence-electron chi connectivity index (χ0n) is 11.0. The highest BCUT2D eigenvalue weighted by Gasteiger charge is 2.13. The van der Waals surface area contributed by atoms with Gasteiger partial charge in [0.15, 0.2) is 0 Å². The molecule has 3 heteroatoms. The van der Waals surface area contributed by atoms with Gasteiger partial charge in [0.05, 0.1) is 12.6 Å². The molecule has 0 aliphatic heterocycles. The second kappa shape index (κ2) is 7.02. The molecule has 0 aromatic heterocycles. The normalized spacial score (nSPS) is 12.3. The Morgan fingerprint density at radius 2 is 1.74 bits per heavy atom. The number of halogens is 1. The molecule has 2 aromatic rings. The third-order valence-corrected chi connectivity index (χ3v) is 3.00. The lowest BCUT2D eigenvalue weighted by Gasteiger charge is -2.17. The molecule has 0 bridgehead atoms. The Hall–Kier alpha value is -1.71. The summed E-state index contributed by atoms with van der Waals surface area (Å²) < 4.78 is 13.7. The zero-order chi connectivity index (χ0) is 13.5. The van der Waals surface area contributed by atoms with Crippen molar-refractivity contribution < 1.29 is 9.23 Å². The topological polar surface area (TPSA) is 21.3 Å². The zero-order valence-corrected chi connectivity index (χ0v) is 11.0. The molecule has 19 heavy (non-hydrogen) atoms. The molecular formula is C16H18FNO. The number of hydrogen-bond acceptors (Lipinski definition) is 2. The Morgan fingerprint density at radius 3 is 2.42 bits per heavy atom. The molecule has 1 N–H and O–H groups in total. The van der Waals surface area contributed by atoms with Gasteiger partial charge in [-0.1, -0.05) is 55.5 Å². The molecule has 2 rings (SSSR count). The van der Waals surface area contributed by atoms with Crippen LogP contribution in [-0.2, 0) is 11.4 Å². The van der Waals surface area contributed by atoms with Crippen LogP contribution in [0.25, 0.3) is 0 Å². The third kappa shape index (κ3) is 3.88. The molecule has 0 radical (unpaired) electrons. The number of hydrogen-bond donors (Lipinski definition) is 1. The summed E-state index contributed by atoms with van der Waals surface area (Å²) in [6, 6.07) is 16.5. The quantitative estimate of drug-likeness (QED) is 0.792. The molecule has 1 atom stereocenters. The van der Waals surface area contributed by atoms with Gasteiger partial charge in [0, 0.05) is 5.56 Å². The minimum atomic E-state index is -0.204. The lowest BCUT2D eigenvalue weighted by Crippen LogP contribution is -2.22. The fourth-order valence-electron chi connectivity index (χ4n) is 1.92. The minimum Gasteiger partial charge on any atom is -0.296 e. The van der Waals surface area contributed by atoms with Gasteiger partial charge >= 0.3 is 0 Å². The average molecular weight is 259 g/mol. The van der Waals surface area contributed by atoms with E-state index >= 15 is 0 Å². The summed E-state index contributed by atoms with van der Waals surface area (Å²) in [5.74, 6) is -0.204. The largest absolute Gasteiger partial charge is 0.296 e. The van der Waals surface area contributed by atoms with Gasteiger partial charge in [-0.2, -0.15) is 5.48 Å². The summed E-state index contributed by atoms with van der Waals surface area (Å²) in [4.78, 5) is 5.47. The van der Waals surface area contributed by atoms with E-state index in [1.165, 1.54) is 6.07 Å². The maximum atomic E-state index is 13.7. The van der Waals surface area contributed by atoms with Crippen LogP contribution in [-0.4, -0.2) is 0 Å². The van der Waals surface area contributed by atoms with Gasteiger partial charge in [-0.05, 0) is 18.1 Å². The van der Waals surface area contributed by atoms with Crippen LogP contribution in [0.1, 0.15) is 30.5 Å². The summed E-state index contributed by atoms with van der Waals surface area (Å²) in [5, 5.41) is 0. The number of hydroxylamine groups is 1. The van der Waals surface area contributed by atoms with Gasteiger partial charge in [-0.3, -0.25) is 4.84 Å². The van der Waals surface area contributed by atoms with Gasteiger partial charge in [0.25, 0.3) is 0 Å². The molecule has 0 aliphatic rings. The molecule has 0 heterocycles. The van der Waals surface area contributed by atoms with Gasteiger partial charge in [-0.25, -0.2) is 4.39 Å². The van der Waals surface area contributed by atoms with Crippen molar-refractivity contribution in [3.63, 3.8) is 0 Å². The van der Waals surface area contributed by atoms with Gasteiger partial charge in [0.1, 0.15) is 5.82 Å². The van der Waals surface area contributed by atoms with Crippen LogP contribution in [0.2, 0.25) is 0 Å². The first-order valence-corrected chi connectivity index (χ1v) is 6.47. The van der Waals surface area contributed by atoms with Crippen molar-refractivity contribution in [1.29, 1.82) is 0 Å². The highest BCUT2D eigenvalue weighted by Crippen LogP contribution is 2.19. The summed E-state index contributed by atoms with van der Waals surface area (Å²) in [7, 11) is 0. The lowest BCUT2D eigenvalue weighted by molar-refractivity contribution is 0.00129. The van der Waals surface area contributed by atoms with E-state index < -0.39 is 0 Å². The van der Waals surface area contributed by atoms with Crippen LogP contribution >= 0.6 is 0 Å². The molecule has 0 fully saturated rings. The van der Waals surface area contributed by atoms with Gasteiger partial charge < -0.3 is 0 Å². The summed E-state index contributed by atoms with van der Waals surface area (Å²) in [5.41, 5.74) is 4.65. The number of rotatable bonds is 6. The standard InChI is InChI=1S/C16H18FNO/c1-2-16(14-10-6-7-11-15(14)17)18-19-12-13-8-4-3-5-9-13/h3-11,16,18H,2,12H2,1H3. The molecule has 1 unspecified atom stereocenters. The van der Waals surface area contributed by atoms with E-state index in [0.29, 0.717) is 12.2 Å². The van der Waals surface area contributed by atoms with Crippen molar-refractivity contribution in [2.75, 3.05) is 0 Å². The second-order valence-corrected chi connectivity index (χ2v) is 4.37. The highest BCUT2D eigenvalue weighted by molar-refractivity contribution is 5.20. The molecule has 2 nitrogen and oxygen atoms in total. The van der Waals surface area contributed by atoms with E-state index in [2.05, 4.69) is 5.48 Å². The average Bonchev–Trinajstić information content (AvgIpc) is 2.46. The van der Waals surface area contributed by atoms with E-state index in [1.54, 1.807) is 12.1 Å². The molecule has 0 saturated heterocycles. The Morgan fingerprint density at radius 1 is 1.05 bits per heavy atom. The maximum absolute atomic E-state index is 13.7. The van der Waals surface area contributed by atoms with Crippen LogP contribution in [0.5, 0.6) is 0 Å². The van der Waals surface area contributed by atoms with Crippen molar-refractivity contribution in [3.05, 3.63) is 71.5 Å². The van der Waals surface area contributed by atoms with Crippen LogP contribution in [0.3, 0.4) is 0 Å². The maximum Gasteiger partial charge on any atom is 0.128 e. The van der Waals surface area contributed by atoms with E-state index in [-0.39, 0.29) is 11.9 Å². The summed E-state index contributed by atoms with van der Waals surface area (Å²) >= 11 is 0. The Labute approximate surface area is 113 Å². The molecule has 2 aromatic carbocycles. The van der Waals surface area contributed by atoms with E-state index in [1.807, 2.05) is 43.3 Å². The Bertz CT molecular complexity index is 501. The van der Waals surface area contributed by atoms with Gasteiger partial charge in [-0.15, -0.1) is 0 Å². The monoisotopic (exact) mass is 259 g/mol. The van der Waals surface area contributed by atoms with Crippen LogP contribution in [0.15, 0.2) is 54.6 Å². The Balaban J connectivity index is 1.92. The molecule has 0 saturated carbocycles. The smallest absolute Gasteiger partial charge is 0.128 e. The van der Waals surface area contributed by atoms with Crippen molar-refractivity contribution >= 4 is 0 Å². The van der Waals surface area contributed by atoms with E-state index in [0.717, 1.165) is 12.0 Å². The van der Waals surface area contributed by atoms with Crippen LogP contribution in [0, 0.1) is 5.82 Å². The summed E-state index contributed by atoms with van der Waals surface area (Å²) in [6.07, 6.45) is 0.760. The van der Waals surface area contributed by atoms with Gasteiger partial charge in [0.2, 0.25) is 0 Å². The lowest BCUT2D eigenvalue weighted by atomic mass is 10.1. The van der Waals surface area contributed by atoms with Crippen molar-refractivity contribution in [3.8, 4) is 0 Å². The number of benzene rings is 2. The fraction of sp³-hybridized carbons (Fsp3) is 0.250. The van der Waals surface area contributed by atoms with Crippen LogP contribution in [0.4, 0.5) is 4.39 Å². The van der Waals surface area contributed by atoms with Crippen molar-refractivity contribution in [2.24, 2.45) is 0 Å². The van der Waals surface area contributed by atoms with E-state index in [4.69, 9.17) is 4.84 Å². The molecule has 0 amide bonds. The fourth-order valence-corrected chi connectivity index (χ4v) is 1.92. The third-order valence-electron chi connectivity index (χ3n) is 3.00. The molecule has 0 aliphatic carbocycles. The molecular weight excluding hydrogens is 241 g/mol. The van der Waals surface area contributed by atoms with Crippen LogP contribution < -0.4 is 5.48 Å². The van der Waals surface area contributed by atoms with Crippen molar-refractivity contribution in [2.45, 2.75) is 26.0 Å². The number of nitrogens with one attached hydrogen (secondary N) is 1. The first-order valence-electron chi connectivity index (χ1n) is 6.47. The van der Waals surface area contributed by atoms with E-state index in [9.17, 15) is 4.39 Å². The van der Waals surface area contributed by atoms with Crippen molar-refractivity contribution in [1.82, 2.24) is 5.48 Å². The SMILES string of the molecule is CCC(NOCc1ccccc1)c1ccccc1F. The highest BCUT2D eigenvalue weighted by atomic mass is 19.1. The molecule has 0 spiro atoms. The first-order chi connectivity index (χ1) is 9.31. The molecule has 100 valence electrons. The predicted molar refractivity (Wildman–Crippen MR) is 73.8 cm³/mol. The predicted octanol–water partition coefficient (Wildman–Crippen LogP) is 4.00. The summed E-state index contributed by atoms with van der Waals surface area (Å²) in [6.45, 7) is 2.46. The first kappa shape index (κ1) is 13.7. The minimum absolute atomic E-state index is 0.134. The Kier molecular flexibility index (Phi) is 5.07.